The van der Waals surface area contributed by atoms with Gasteiger partial charge in [0.2, 0.25) is 0 Å². The standard InChI is InChI=1S/C8H14N2O5S2/c1-5-6(16-7(13)9-5)17(14,15)10-8(2,3-11)4-12/h10-12H,3-4H2,1-2H3,(H,9,13). The van der Waals surface area contributed by atoms with Gasteiger partial charge in [0.15, 0.2) is 4.21 Å². The molecule has 0 unspecified atom stereocenters. The average molecular weight is 282 g/mol. The quantitative estimate of drug-likeness (QED) is 0.539. The summed E-state index contributed by atoms with van der Waals surface area (Å²) in [6, 6.07) is 0. The summed E-state index contributed by atoms with van der Waals surface area (Å²) in [7, 11) is -3.93. The summed E-state index contributed by atoms with van der Waals surface area (Å²) >= 11 is 0.558. The lowest BCUT2D eigenvalue weighted by Gasteiger charge is -2.25. The van der Waals surface area contributed by atoms with Gasteiger partial charge in [-0.25, -0.2) is 8.42 Å². The molecule has 0 radical (unpaired) electrons. The van der Waals surface area contributed by atoms with Crippen LogP contribution in [0.5, 0.6) is 0 Å². The largest absolute Gasteiger partial charge is 0.394 e. The molecule has 17 heavy (non-hydrogen) atoms. The van der Waals surface area contributed by atoms with E-state index in [0.29, 0.717) is 11.3 Å². The Morgan fingerprint density at radius 2 is 1.94 bits per heavy atom. The van der Waals surface area contributed by atoms with Crippen LogP contribution < -0.4 is 9.60 Å². The number of aliphatic hydroxyl groups is 2. The lowest BCUT2D eigenvalue weighted by molar-refractivity contribution is 0.122. The van der Waals surface area contributed by atoms with Gasteiger partial charge in [-0.3, -0.25) is 4.79 Å². The predicted molar refractivity (Wildman–Crippen MR) is 62.6 cm³/mol. The van der Waals surface area contributed by atoms with E-state index in [0.717, 1.165) is 0 Å². The van der Waals surface area contributed by atoms with Gasteiger partial charge in [-0.05, 0) is 13.8 Å². The molecular weight excluding hydrogens is 268 g/mol. The van der Waals surface area contributed by atoms with Crippen LogP contribution in [0.2, 0.25) is 0 Å². The second kappa shape index (κ2) is 4.86. The molecule has 0 amide bonds. The van der Waals surface area contributed by atoms with E-state index < -0.39 is 33.6 Å². The smallest absolute Gasteiger partial charge is 0.305 e. The van der Waals surface area contributed by atoms with Gasteiger partial charge in [-0.2, -0.15) is 4.72 Å². The fourth-order valence-corrected chi connectivity index (χ4v) is 3.82. The van der Waals surface area contributed by atoms with Gasteiger partial charge in [-0.15, -0.1) is 0 Å². The van der Waals surface area contributed by atoms with Crippen LogP contribution in [0, 0.1) is 6.92 Å². The number of aliphatic hydroxyl groups excluding tert-OH is 2. The Kier molecular flexibility index (Phi) is 4.10. The van der Waals surface area contributed by atoms with Gasteiger partial charge in [-0.1, -0.05) is 11.3 Å². The van der Waals surface area contributed by atoms with Gasteiger partial charge < -0.3 is 15.2 Å². The fourth-order valence-electron chi connectivity index (χ4n) is 1.13. The number of sulfonamides is 1. The van der Waals surface area contributed by atoms with E-state index in [4.69, 9.17) is 10.2 Å². The molecule has 0 aliphatic rings. The Hall–Kier alpha value is -0.740. The van der Waals surface area contributed by atoms with E-state index in [1.807, 2.05) is 0 Å². The third kappa shape index (κ3) is 3.13. The van der Waals surface area contributed by atoms with Crippen LogP contribution in [0.25, 0.3) is 0 Å². The molecule has 7 nitrogen and oxygen atoms in total. The van der Waals surface area contributed by atoms with Crippen LogP contribution in [0.15, 0.2) is 9.00 Å². The van der Waals surface area contributed by atoms with Crippen molar-refractivity contribution in [3.05, 3.63) is 15.4 Å². The number of aryl methyl sites for hydroxylation is 1. The zero-order valence-corrected chi connectivity index (χ0v) is 11.0. The van der Waals surface area contributed by atoms with Crippen molar-refractivity contribution in [3.8, 4) is 0 Å². The van der Waals surface area contributed by atoms with Gasteiger partial charge in [0.25, 0.3) is 10.0 Å². The van der Waals surface area contributed by atoms with Crippen molar-refractivity contribution in [1.82, 2.24) is 9.71 Å². The number of hydrogen-bond donors (Lipinski definition) is 4. The molecule has 0 aliphatic carbocycles. The first-order valence-corrected chi connectivity index (χ1v) is 6.99. The highest BCUT2D eigenvalue weighted by Crippen LogP contribution is 2.18. The zero-order chi connectivity index (χ0) is 13.3. The van der Waals surface area contributed by atoms with Crippen LogP contribution in [0.3, 0.4) is 0 Å². The average Bonchev–Trinajstić information content (AvgIpc) is 2.58. The fraction of sp³-hybridized carbons (Fsp3) is 0.625. The van der Waals surface area contributed by atoms with Crippen molar-refractivity contribution in [2.45, 2.75) is 23.6 Å². The van der Waals surface area contributed by atoms with E-state index in [9.17, 15) is 13.2 Å². The normalized spacial score (nSPS) is 12.9. The Morgan fingerprint density at radius 3 is 2.29 bits per heavy atom. The van der Waals surface area contributed by atoms with Crippen LogP contribution in [0.1, 0.15) is 12.6 Å². The van der Waals surface area contributed by atoms with E-state index in [-0.39, 0.29) is 9.90 Å². The lowest BCUT2D eigenvalue weighted by atomic mass is 10.1. The Bertz CT molecular complexity index is 541. The van der Waals surface area contributed by atoms with Gasteiger partial charge in [0, 0.05) is 5.69 Å². The highest BCUT2D eigenvalue weighted by atomic mass is 32.2. The van der Waals surface area contributed by atoms with E-state index in [1.54, 1.807) is 0 Å². The molecule has 0 aromatic carbocycles. The van der Waals surface area contributed by atoms with Crippen molar-refractivity contribution < 1.29 is 18.6 Å². The van der Waals surface area contributed by atoms with Crippen LogP contribution >= 0.6 is 11.3 Å². The number of H-pyrrole nitrogens is 1. The Morgan fingerprint density at radius 1 is 1.41 bits per heavy atom. The Balaban J connectivity index is 3.13. The highest BCUT2D eigenvalue weighted by Gasteiger charge is 2.31. The highest BCUT2D eigenvalue weighted by molar-refractivity contribution is 7.91. The molecule has 1 rings (SSSR count). The van der Waals surface area contributed by atoms with Gasteiger partial charge in [0.1, 0.15) is 0 Å². The monoisotopic (exact) mass is 282 g/mol. The third-order valence-electron chi connectivity index (χ3n) is 2.10. The van der Waals surface area contributed by atoms with Crippen molar-refractivity contribution >= 4 is 21.4 Å². The van der Waals surface area contributed by atoms with E-state index in [1.165, 1.54) is 13.8 Å². The van der Waals surface area contributed by atoms with Crippen molar-refractivity contribution in [3.63, 3.8) is 0 Å². The SMILES string of the molecule is Cc1[nH]c(=O)sc1S(=O)(=O)NC(C)(CO)CO. The summed E-state index contributed by atoms with van der Waals surface area (Å²) in [5, 5.41) is 18.0. The molecule has 1 aromatic rings. The summed E-state index contributed by atoms with van der Waals surface area (Å²) in [6.45, 7) is 1.71. The number of rotatable bonds is 5. The first kappa shape index (κ1) is 14.3. The number of aromatic nitrogens is 1. The summed E-state index contributed by atoms with van der Waals surface area (Å²) in [5.74, 6) is 0. The number of nitrogens with one attached hydrogen (secondary N) is 2. The van der Waals surface area contributed by atoms with Gasteiger partial charge in [0.05, 0.1) is 18.8 Å². The molecule has 98 valence electrons. The maximum Gasteiger partial charge on any atom is 0.305 e. The molecule has 0 aliphatic heterocycles. The zero-order valence-electron chi connectivity index (χ0n) is 9.35. The van der Waals surface area contributed by atoms with Crippen LogP contribution in [-0.4, -0.2) is 42.4 Å². The first-order chi connectivity index (χ1) is 7.74. The molecule has 0 saturated carbocycles. The molecule has 4 N–H and O–H groups in total. The van der Waals surface area contributed by atoms with E-state index >= 15 is 0 Å². The van der Waals surface area contributed by atoms with Crippen molar-refractivity contribution in [2.24, 2.45) is 0 Å². The van der Waals surface area contributed by atoms with Crippen molar-refractivity contribution in [1.29, 1.82) is 0 Å². The maximum atomic E-state index is 11.9. The maximum absolute atomic E-state index is 11.9. The second-order valence-corrected chi connectivity index (χ2v) is 6.77. The summed E-state index contributed by atoms with van der Waals surface area (Å²) < 4.78 is 25.9. The molecule has 0 saturated heterocycles. The van der Waals surface area contributed by atoms with E-state index in [2.05, 4.69) is 9.71 Å². The predicted octanol–water partition coefficient (Wildman–Crippen LogP) is -1.23. The molecule has 0 bridgehead atoms. The summed E-state index contributed by atoms with van der Waals surface area (Å²) in [5.41, 5.74) is -1.14. The number of hydrogen-bond acceptors (Lipinski definition) is 6. The summed E-state index contributed by atoms with van der Waals surface area (Å²) in [4.78, 5) is 12.9. The minimum Gasteiger partial charge on any atom is -0.394 e. The molecule has 0 atom stereocenters. The summed E-state index contributed by atoms with van der Waals surface area (Å²) in [6.07, 6.45) is 0. The molecule has 9 heteroatoms. The molecular formula is C8H14N2O5S2. The molecule has 1 heterocycles. The molecule has 0 spiro atoms. The third-order valence-corrected chi connectivity index (χ3v) is 5.35. The van der Waals surface area contributed by atoms with Crippen molar-refractivity contribution in [2.75, 3.05) is 13.2 Å². The number of aromatic amines is 1. The first-order valence-electron chi connectivity index (χ1n) is 4.69. The molecule has 1 aromatic heterocycles. The minimum atomic E-state index is -3.93. The number of thiazole rings is 1. The minimum absolute atomic E-state index is 0.143. The van der Waals surface area contributed by atoms with Crippen LogP contribution in [0.4, 0.5) is 0 Å². The van der Waals surface area contributed by atoms with Crippen LogP contribution in [-0.2, 0) is 10.0 Å². The Labute approximate surface area is 102 Å². The molecule has 0 fully saturated rings. The topological polar surface area (TPSA) is 119 Å². The lowest BCUT2D eigenvalue weighted by Crippen LogP contribution is -2.51. The second-order valence-electron chi connectivity index (χ2n) is 3.91. The van der Waals surface area contributed by atoms with Gasteiger partial charge >= 0.3 is 4.87 Å².